The molecule has 0 aliphatic rings. The minimum absolute atomic E-state index is 0.226. The monoisotopic (exact) mass is 240 g/mol. The Labute approximate surface area is 97.1 Å². The van der Waals surface area contributed by atoms with E-state index in [1.807, 2.05) is 0 Å². The van der Waals surface area contributed by atoms with E-state index in [-0.39, 0.29) is 6.54 Å². The van der Waals surface area contributed by atoms with Gasteiger partial charge in [0, 0.05) is 24.2 Å². The molecular weight excluding hydrogens is 231 g/mol. The third-order valence-electron chi connectivity index (χ3n) is 2.10. The maximum atomic E-state index is 12.2. The Morgan fingerprint density at radius 1 is 1.38 bits per heavy atom. The number of aryl methyl sites for hydroxylation is 1. The van der Waals surface area contributed by atoms with Crippen LogP contribution in [0.15, 0.2) is 24.8 Å². The van der Waals surface area contributed by atoms with E-state index in [4.69, 9.17) is 11.6 Å². The van der Waals surface area contributed by atoms with Gasteiger partial charge in [0.05, 0.1) is 18.6 Å². The van der Waals surface area contributed by atoms with Crippen LogP contribution in [0.1, 0.15) is 5.56 Å². The van der Waals surface area contributed by atoms with Crippen molar-refractivity contribution in [1.82, 2.24) is 19.7 Å². The number of hydrogen-bond acceptors (Lipinski definition) is 3. The van der Waals surface area contributed by atoms with Gasteiger partial charge in [-0.05, 0) is 0 Å². The lowest BCUT2D eigenvalue weighted by Crippen LogP contribution is -2.00. The van der Waals surface area contributed by atoms with Crippen LogP contribution in [0.4, 0.5) is 4.39 Å². The number of alkyl halides is 2. The van der Waals surface area contributed by atoms with Gasteiger partial charge in [-0.15, -0.1) is 11.6 Å². The maximum absolute atomic E-state index is 12.2. The van der Waals surface area contributed by atoms with Gasteiger partial charge in [0.2, 0.25) is 0 Å². The molecular formula is C10H10ClFN4. The van der Waals surface area contributed by atoms with Crippen molar-refractivity contribution in [3.63, 3.8) is 0 Å². The van der Waals surface area contributed by atoms with Gasteiger partial charge in [-0.2, -0.15) is 5.10 Å². The van der Waals surface area contributed by atoms with Crippen LogP contribution in [-0.2, 0) is 12.4 Å². The van der Waals surface area contributed by atoms with Gasteiger partial charge >= 0.3 is 0 Å². The normalized spacial score (nSPS) is 10.6. The smallest absolute Gasteiger partial charge is 0.117 e. The number of nitrogens with zero attached hydrogens (tertiary/aromatic N) is 4. The Bertz CT molecular complexity index is 457. The van der Waals surface area contributed by atoms with Crippen LogP contribution < -0.4 is 0 Å². The number of rotatable bonds is 4. The molecule has 2 aromatic heterocycles. The van der Waals surface area contributed by atoms with E-state index in [2.05, 4.69) is 15.1 Å². The summed E-state index contributed by atoms with van der Waals surface area (Å²) >= 11 is 5.80. The Kier molecular flexibility index (Phi) is 3.46. The fourth-order valence-electron chi connectivity index (χ4n) is 1.40. The van der Waals surface area contributed by atoms with Gasteiger partial charge in [-0.3, -0.25) is 14.6 Å². The van der Waals surface area contributed by atoms with Crippen LogP contribution in [0.2, 0.25) is 0 Å². The summed E-state index contributed by atoms with van der Waals surface area (Å²) in [5, 5.41) is 4.23. The minimum atomic E-state index is -0.455. The van der Waals surface area contributed by atoms with E-state index in [1.165, 1.54) is 4.68 Å². The molecule has 0 fully saturated rings. The highest BCUT2D eigenvalue weighted by Gasteiger charge is 2.11. The Hall–Kier alpha value is -1.49. The molecule has 0 saturated carbocycles. The SMILES string of the molecule is FCCn1cc(CCl)c(-c2cnccn2)n1. The molecule has 0 aromatic carbocycles. The summed E-state index contributed by atoms with van der Waals surface area (Å²) in [6, 6.07) is 0. The van der Waals surface area contributed by atoms with Crippen LogP contribution >= 0.6 is 11.6 Å². The van der Waals surface area contributed by atoms with Crippen molar-refractivity contribution in [2.24, 2.45) is 0 Å². The van der Waals surface area contributed by atoms with Crippen LogP contribution in [0.3, 0.4) is 0 Å². The molecule has 0 unspecified atom stereocenters. The molecule has 0 amide bonds. The van der Waals surface area contributed by atoms with Gasteiger partial charge in [-0.1, -0.05) is 0 Å². The molecule has 0 radical (unpaired) electrons. The second-order valence-corrected chi connectivity index (χ2v) is 3.45. The molecule has 0 N–H and O–H groups in total. The minimum Gasteiger partial charge on any atom is -0.269 e. The molecule has 2 heterocycles. The molecule has 0 saturated heterocycles. The largest absolute Gasteiger partial charge is 0.269 e. The molecule has 84 valence electrons. The third kappa shape index (κ3) is 2.19. The summed E-state index contributed by atoms with van der Waals surface area (Å²) in [4.78, 5) is 8.10. The first-order valence-electron chi connectivity index (χ1n) is 4.79. The Balaban J connectivity index is 2.39. The van der Waals surface area contributed by atoms with Crippen LogP contribution in [0, 0.1) is 0 Å². The van der Waals surface area contributed by atoms with Gasteiger partial charge in [0.15, 0.2) is 0 Å². The first-order valence-corrected chi connectivity index (χ1v) is 5.33. The number of hydrogen-bond donors (Lipinski definition) is 0. The molecule has 0 aliphatic heterocycles. The molecule has 4 nitrogen and oxygen atoms in total. The second kappa shape index (κ2) is 5.03. The predicted molar refractivity (Wildman–Crippen MR) is 58.8 cm³/mol. The van der Waals surface area contributed by atoms with Crippen LogP contribution in [-0.4, -0.2) is 26.4 Å². The van der Waals surface area contributed by atoms with Crippen molar-refractivity contribution >= 4 is 11.6 Å². The fraction of sp³-hybridized carbons (Fsp3) is 0.300. The van der Waals surface area contributed by atoms with E-state index in [0.29, 0.717) is 17.3 Å². The summed E-state index contributed by atoms with van der Waals surface area (Å²) in [5.41, 5.74) is 2.14. The van der Waals surface area contributed by atoms with Gasteiger partial charge in [-0.25, -0.2) is 4.39 Å². The standard InChI is InChI=1S/C10H10ClFN4/c11-5-8-7-16(4-1-12)15-10(8)9-6-13-2-3-14-9/h2-3,6-7H,1,4-5H2. The van der Waals surface area contributed by atoms with E-state index in [1.54, 1.807) is 24.8 Å². The zero-order chi connectivity index (χ0) is 11.4. The average Bonchev–Trinajstić information content (AvgIpc) is 2.74. The van der Waals surface area contributed by atoms with Crippen molar-refractivity contribution < 1.29 is 4.39 Å². The summed E-state index contributed by atoms with van der Waals surface area (Å²) in [7, 11) is 0. The molecule has 0 atom stereocenters. The highest BCUT2D eigenvalue weighted by molar-refractivity contribution is 6.17. The van der Waals surface area contributed by atoms with Crippen molar-refractivity contribution in [1.29, 1.82) is 0 Å². The lowest BCUT2D eigenvalue weighted by molar-refractivity contribution is 0.427. The highest BCUT2D eigenvalue weighted by atomic mass is 35.5. The Morgan fingerprint density at radius 2 is 2.25 bits per heavy atom. The molecule has 0 aliphatic carbocycles. The number of aromatic nitrogens is 4. The molecule has 2 aromatic rings. The van der Waals surface area contributed by atoms with E-state index < -0.39 is 6.67 Å². The van der Waals surface area contributed by atoms with E-state index >= 15 is 0 Å². The first-order chi connectivity index (χ1) is 7.85. The topological polar surface area (TPSA) is 43.6 Å². The lowest BCUT2D eigenvalue weighted by atomic mass is 10.2. The quantitative estimate of drug-likeness (QED) is 0.769. The van der Waals surface area contributed by atoms with Gasteiger partial charge in [0.25, 0.3) is 0 Å². The maximum Gasteiger partial charge on any atom is 0.117 e. The van der Waals surface area contributed by atoms with E-state index in [0.717, 1.165) is 5.56 Å². The second-order valence-electron chi connectivity index (χ2n) is 3.18. The molecule has 0 spiro atoms. The molecule has 6 heteroatoms. The molecule has 0 bridgehead atoms. The fourth-order valence-corrected chi connectivity index (χ4v) is 1.59. The number of halogens is 2. The average molecular weight is 241 g/mol. The lowest BCUT2D eigenvalue weighted by Gasteiger charge is -1.96. The van der Waals surface area contributed by atoms with Crippen LogP contribution in [0.5, 0.6) is 0 Å². The Morgan fingerprint density at radius 3 is 2.88 bits per heavy atom. The van der Waals surface area contributed by atoms with Crippen LogP contribution in [0.25, 0.3) is 11.4 Å². The first kappa shape index (κ1) is 11.0. The summed E-state index contributed by atoms with van der Waals surface area (Å²) < 4.78 is 13.7. The van der Waals surface area contributed by atoms with Crippen molar-refractivity contribution in [2.45, 2.75) is 12.4 Å². The zero-order valence-corrected chi connectivity index (χ0v) is 9.23. The van der Waals surface area contributed by atoms with Gasteiger partial charge in [0.1, 0.15) is 18.1 Å². The zero-order valence-electron chi connectivity index (χ0n) is 8.48. The summed E-state index contributed by atoms with van der Waals surface area (Å²) in [6.45, 7) is -0.229. The van der Waals surface area contributed by atoms with Gasteiger partial charge < -0.3 is 0 Å². The van der Waals surface area contributed by atoms with Crippen molar-refractivity contribution in [3.8, 4) is 11.4 Å². The third-order valence-corrected chi connectivity index (χ3v) is 2.39. The van der Waals surface area contributed by atoms with Crippen molar-refractivity contribution in [3.05, 3.63) is 30.4 Å². The van der Waals surface area contributed by atoms with E-state index in [9.17, 15) is 4.39 Å². The molecule has 2 rings (SSSR count). The predicted octanol–water partition coefficient (Wildman–Crippen LogP) is 2.05. The highest BCUT2D eigenvalue weighted by Crippen LogP contribution is 2.20. The van der Waals surface area contributed by atoms with Crippen molar-refractivity contribution in [2.75, 3.05) is 6.67 Å². The summed E-state index contributed by atoms with van der Waals surface area (Å²) in [5.74, 6) is 0.318. The summed E-state index contributed by atoms with van der Waals surface area (Å²) in [6.07, 6.45) is 6.51. The molecule has 16 heavy (non-hydrogen) atoms.